The summed E-state index contributed by atoms with van der Waals surface area (Å²) in [6, 6.07) is 10.2. The molecule has 19 heavy (non-hydrogen) atoms. The number of hydrogen-bond donors (Lipinski definition) is 1. The van der Waals surface area contributed by atoms with Crippen LogP contribution in [0.3, 0.4) is 0 Å². The van der Waals surface area contributed by atoms with Crippen molar-refractivity contribution in [2.24, 2.45) is 7.05 Å². The lowest BCUT2D eigenvalue weighted by Crippen LogP contribution is -2.22. The van der Waals surface area contributed by atoms with Crippen LogP contribution in [0, 0.1) is 0 Å². The summed E-state index contributed by atoms with van der Waals surface area (Å²) in [6.07, 6.45) is 4.33. The molecule has 0 radical (unpaired) electrons. The molecule has 1 aromatic carbocycles. The molecule has 0 aliphatic rings. The zero-order valence-electron chi connectivity index (χ0n) is 11.9. The number of rotatable bonds is 5. The molecule has 3 heteroatoms. The summed E-state index contributed by atoms with van der Waals surface area (Å²) in [5.74, 6) is 0. The van der Waals surface area contributed by atoms with Crippen LogP contribution in [0.2, 0.25) is 0 Å². The molecule has 3 nitrogen and oxygen atoms in total. The molecule has 0 spiro atoms. The first-order valence-corrected chi connectivity index (χ1v) is 6.81. The van der Waals surface area contributed by atoms with Gasteiger partial charge in [0.25, 0.3) is 0 Å². The van der Waals surface area contributed by atoms with Gasteiger partial charge in [0, 0.05) is 18.9 Å². The lowest BCUT2D eigenvalue weighted by molar-refractivity contribution is 0.0475. The van der Waals surface area contributed by atoms with Crippen LogP contribution in [0.15, 0.2) is 36.5 Å². The standard InChI is InChI=1S/C16H22N2O/c1-4-13-5-7-14(8-6-13)16(2,19)11-9-15-10-12-17-18(15)3/h5-8,10,12,19H,4,9,11H2,1-3H3. The number of aliphatic hydroxyl groups is 1. The number of nitrogens with zero attached hydrogens (tertiary/aromatic N) is 2. The Kier molecular flexibility index (Phi) is 4.05. The fraction of sp³-hybridized carbons (Fsp3) is 0.438. The highest BCUT2D eigenvalue weighted by Gasteiger charge is 2.23. The van der Waals surface area contributed by atoms with Gasteiger partial charge in [-0.1, -0.05) is 31.2 Å². The molecule has 2 rings (SSSR count). The van der Waals surface area contributed by atoms with E-state index in [2.05, 4.69) is 24.2 Å². The Bertz CT molecular complexity index is 526. The molecule has 1 aromatic heterocycles. The van der Waals surface area contributed by atoms with Gasteiger partial charge in [0.15, 0.2) is 0 Å². The van der Waals surface area contributed by atoms with Gasteiger partial charge in [-0.15, -0.1) is 0 Å². The molecule has 0 aliphatic heterocycles. The summed E-state index contributed by atoms with van der Waals surface area (Å²) in [5, 5.41) is 14.8. The van der Waals surface area contributed by atoms with Crippen LogP contribution in [0.4, 0.5) is 0 Å². The number of aryl methyl sites for hydroxylation is 3. The Morgan fingerprint density at radius 2 is 1.89 bits per heavy atom. The first-order valence-electron chi connectivity index (χ1n) is 6.81. The minimum atomic E-state index is -0.795. The molecule has 0 fully saturated rings. The lowest BCUT2D eigenvalue weighted by atomic mass is 9.90. The monoisotopic (exact) mass is 258 g/mol. The summed E-state index contributed by atoms with van der Waals surface area (Å²) >= 11 is 0. The van der Waals surface area contributed by atoms with Gasteiger partial charge in [0.05, 0.1) is 5.60 Å². The van der Waals surface area contributed by atoms with E-state index >= 15 is 0 Å². The second-order valence-electron chi connectivity index (χ2n) is 5.27. The third kappa shape index (κ3) is 3.24. The quantitative estimate of drug-likeness (QED) is 0.895. The van der Waals surface area contributed by atoms with Crippen LogP contribution < -0.4 is 0 Å². The highest BCUT2D eigenvalue weighted by Crippen LogP contribution is 2.26. The third-order valence-corrected chi connectivity index (χ3v) is 3.77. The minimum absolute atomic E-state index is 0.692. The molecule has 0 saturated heterocycles. The maximum Gasteiger partial charge on any atom is 0.0872 e. The maximum atomic E-state index is 10.6. The number of hydrogen-bond acceptors (Lipinski definition) is 2. The molecule has 1 atom stereocenters. The Morgan fingerprint density at radius 3 is 2.42 bits per heavy atom. The SMILES string of the molecule is CCc1ccc(C(C)(O)CCc2ccnn2C)cc1. The smallest absolute Gasteiger partial charge is 0.0872 e. The molecule has 1 unspecified atom stereocenters. The van der Waals surface area contributed by atoms with E-state index < -0.39 is 5.60 Å². The van der Waals surface area contributed by atoms with Crippen molar-refractivity contribution in [2.75, 3.05) is 0 Å². The first-order chi connectivity index (χ1) is 9.03. The van der Waals surface area contributed by atoms with E-state index in [1.165, 1.54) is 5.56 Å². The van der Waals surface area contributed by atoms with E-state index in [4.69, 9.17) is 0 Å². The summed E-state index contributed by atoms with van der Waals surface area (Å²) < 4.78 is 1.86. The number of aromatic nitrogens is 2. The third-order valence-electron chi connectivity index (χ3n) is 3.77. The summed E-state index contributed by atoms with van der Waals surface area (Å²) in [6.45, 7) is 4.01. The lowest BCUT2D eigenvalue weighted by Gasteiger charge is -2.24. The molecule has 1 N–H and O–H groups in total. The average molecular weight is 258 g/mol. The Labute approximate surface area is 114 Å². The highest BCUT2D eigenvalue weighted by molar-refractivity contribution is 5.27. The molecule has 0 amide bonds. The molecule has 102 valence electrons. The van der Waals surface area contributed by atoms with Gasteiger partial charge < -0.3 is 5.11 Å². The van der Waals surface area contributed by atoms with Gasteiger partial charge in [-0.05, 0) is 43.4 Å². The predicted octanol–water partition coefficient (Wildman–Crippen LogP) is 2.82. The van der Waals surface area contributed by atoms with Crippen LogP contribution in [0.5, 0.6) is 0 Å². The van der Waals surface area contributed by atoms with Crippen LogP contribution in [-0.4, -0.2) is 14.9 Å². The molecular formula is C16H22N2O. The Morgan fingerprint density at radius 1 is 1.21 bits per heavy atom. The topological polar surface area (TPSA) is 38.1 Å². The van der Waals surface area contributed by atoms with Crippen LogP contribution >= 0.6 is 0 Å². The zero-order valence-corrected chi connectivity index (χ0v) is 11.9. The predicted molar refractivity (Wildman–Crippen MR) is 76.9 cm³/mol. The van der Waals surface area contributed by atoms with Crippen molar-refractivity contribution >= 4 is 0 Å². The van der Waals surface area contributed by atoms with E-state index in [-0.39, 0.29) is 0 Å². The first kappa shape index (κ1) is 13.8. The summed E-state index contributed by atoms with van der Waals surface area (Å²) in [4.78, 5) is 0. The van der Waals surface area contributed by atoms with Crippen molar-refractivity contribution in [3.05, 3.63) is 53.3 Å². The van der Waals surface area contributed by atoms with Crippen molar-refractivity contribution < 1.29 is 5.11 Å². The van der Waals surface area contributed by atoms with Crippen molar-refractivity contribution in [3.63, 3.8) is 0 Å². The molecule has 2 aromatic rings. The molecule has 0 saturated carbocycles. The van der Waals surface area contributed by atoms with Gasteiger partial charge in [-0.2, -0.15) is 5.10 Å². The van der Waals surface area contributed by atoms with E-state index in [1.807, 2.05) is 36.9 Å². The summed E-state index contributed by atoms with van der Waals surface area (Å²) in [5.41, 5.74) is 2.62. The van der Waals surface area contributed by atoms with Gasteiger partial charge in [-0.25, -0.2) is 0 Å². The van der Waals surface area contributed by atoms with E-state index in [1.54, 1.807) is 6.20 Å². The van der Waals surface area contributed by atoms with Crippen molar-refractivity contribution in [1.29, 1.82) is 0 Å². The van der Waals surface area contributed by atoms with Gasteiger partial charge >= 0.3 is 0 Å². The molecule has 1 heterocycles. The largest absolute Gasteiger partial charge is 0.385 e. The fourth-order valence-corrected chi connectivity index (χ4v) is 2.26. The van der Waals surface area contributed by atoms with Crippen LogP contribution in [0.1, 0.15) is 37.1 Å². The van der Waals surface area contributed by atoms with Crippen molar-refractivity contribution in [1.82, 2.24) is 9.78 Å². The van der Waals surface area contributed by atoms with E-state index in [0.717, 1.165) is 24.1 Å². The van der Waals surface area contributed by atoms with Gasteiger partial charge in [0.2, 0.25) is 0 Å². The molecule has 0 aliphatic carbocycles. The fourth-order valence-electron chi connectivity index (χ4n) is 2.26. The maximum absolute atomic E-state index is 10.6. The van der Waals surface area contributed by atoms with Gasteiger partial charge in [0.1, 0.15) is 0 Å². The van der Waals surface area contributed by atoms with Crippen molar-refractivity contribution in [2.45, 2.75) is 38.7 Å². The Balaban J connectivity index is 2.06. The normalized spacial score (nSPS) is 14.3. The highest BCUT2D eigenvalue weighted by atomic mass is 16.3. The van der Waals surface area contributed by atoms with E-state index in [0.29, 0.717) is 6.42 Å². The molecular weight excluding hydrogens is 236 g/mol. The Hall–Kier alpha value is -1.61. The average Bonchev–Trinajstić information content (AvgIpc) is 2.82. The second-order valence-corrected chi connectivity index (χ2v) is 5.27. The summed E-state index contributed by atoms with van der Waals surface area (Å²) in [7, 11) is 1.93. The minimum Gasteiger partial charge on any atom is -0.385 e. The van der Waals surface area contributed by atoms with E-state index in [9.17, 15) is 5.11 Å². The second kappa shape index (κ2) is 5.57. The van der Waals surface area contributed by atoms with Gasteiger partial charge in [-0.3, -0.25) is 4.68 Å². The van der Waals surface area contributed by atoms with Crippen LogP contribution in [-0.2, 0) is 25.5 Å². The number of benzene rings is 1. The molecule has 0 bridgehead atoms. The zero-order chi connectivity index (χ0) is 13.9. The van der Waals surface area contributed by atoms with Crippen LogP contribution in [0.25, 0.3) is 0 Å². The van der Waals surface area contributed by atoms with Crippen molar-refractivity contribution in [3.8, 4) is 0 Å².